The highest BCUT2D eigenvalue weighted by atomic mass is 16.6. The number of benzene rings is 1. The van der Waals surface area contributed by atoms with Crippen molar-refractivity contribution in [2.45, 2.75) is 32.7 Å². The van der Waals surface area contributed by atoms with E-state index in [9.17, 15) is 19.7 Å². The molecule has 1 aromatic heterocycles. The molecule has 0 radical (unpaired) electrons. The molecular weight excluding hydrogens is 340 g/mol. The summed E-state index contributed by atoms with van der Waals surface area (Å²) in [6.45, 7) is 4.05. The number of fused-ring (bicyclic) bond motifs is 1. The predicted molar refractivity (Wildman–Crippen MR) is 92.6 cm³/mol. The fourth-order valence-corrected chi connectivity index (χ4v) is 2.66. The van der Waals surface area contributed by atoms with Crippen LogP contribution in [0.25, 0.3) is 0 Å². The zero-order chi connectivity index (χ0) is 18.8. The number of hydrogen-bond acceptors (Lipinski definition) is 6. The lowest BCUT2D eigenvalue weighted by molar-refractivity contribution is -0.384. The minimum Gasteiger partial charge on any atom is -0.324 e. The second kappa shape index (κ2) is 6.90. The number of anilines is 2. The van der Waals surface area contributed by atoms with E-state index in [1.807, 2.05) is 13.8 Å². The Labute approximate surface area is 148 Å². The van der Waals surface area contributed by atoms with E-state index in [4.69, 9.17) is 0 Å². The van der Waals surface area contributed by atoms with Crippen molar-refractivity contribution in [3.8, 4) is 0 Å². The Balaban J connectivity index is 1.80. The third-order valence-corrected chi connectivity index (χ3v) is 3.84. The van der Waals surface area contributed by atoms with E-state index in [-0.39, 0.29) is 24.0 Å². The Kier molecular flexibility index (Phi) is 4.65. The molecule has 10 heteroatoms. The van der Waals surface area contributed by atoms with Crippen molar-refractivity contribution in [3.63, 3.8) is 0 Å². The molecule has 2 amide bonds. The number of nitro benzene ring substituents is 1. The highest BCUT2D eigenvalue weighted by molar-refractivity contribution is 6.00. The van der Waals surface area contributed by atoms with Gasteiger partial charge in [0.25, 0.3) is 5.69 Å². The van der Waals surface area contributed by atoms with Gasteiger partial charge in [0.15, 0.2) is 5.82 Å². The molecule has 0 aliphatic carbocycles. The second-order valence-electron chi connectivity index (χ2n) is 6.46. The lowest BCUT2D eigenvalue weighted by Gasteiger charge is -2.22. The highest BCUT2D eigenvalue weighted by Crippen LogP contribution is 2.25. The molecule has 2 heterocycles. The maximum absolute atomic E-state index is 12.6. The number of nitro groups is 1. The van der Waals surface area contributed by atoms with E-state index in [1.54, 1.807) is 0 Å². The normalized spacial score (nSPS) is 16.1. The Hall–Kier alpha value is -3.30. The Bertz CT molecular complexity index is 858. The van der Waals surface area contributed by atoms with Crippen LogP contribution in [0.2, 0.25) is 0 Å². The standard InChI is InChI=1S/C16H18N6O4/c1-9(2)7-13-18-16-19-14(23)8-12(21(16)20-13)15(24)17-10-3-5-11(6-4-10)22(25)26/h3-6,9,12H,7-8H2,1-2H3,(H,17,24)(H,18,19,20,23). The number of rotatable bonds is 5. The van der Waals surface area contributed by atoms with Crippen LogP contribution >= 0.6 is 0 Å². The van der Waals surface area contributed by atoms with Gasteiger partial charge in [-0.25, -0.2) is 4.68 Å². The summed E-state index contributed by atoms with van der Waals surface area (Å²) in [7, 11) is 0. The summed E-state index contributed by atoms with van der Waals surface area (Å²) in [5, 5.41) is 20.3. The Morgan fingerprint density at radius 1 is 1.42 bits per heavy atom. The molecule has 1 aromatic carbocycles. The average molecular weight is 358 g/mol. The molecule has 3 rings (SSSR count). The van der Waals surface area contributed by atoms with E-state index in [2.05, 4.69) is 20.7 Å². The van der Waals surface area contributed by atoms with Crippen molar-refractivity contribution in [1.82, 2.24) is 14.8 Å². The van der Waals surface area contributed by atoms with Crippen molar-refractivity contribution in [3.05, 3.63) is 40.2 Å². The number of carbonyl (C=O) groups is 2. The molecule has 2 N–H and O–H groups in total. The second-order valence-corrected chi connectivity index (χ2v) is 6.46. The Morgan fingerprint density at radius 3 is 2.73 bits per heavy atom. The minimum absolute atomic E-state index is 0.0592. The van der Waals surface area contributed by atoms with Gasteiger partial charge in [-0.1, -0.05) is 13.8 Å². The predicted octanol–water partition coefficient (Wildman–Crippen LogP) is 1.91. The molecule has 26 heavy (non-hydrogen) atoms. The zero-order valence-electron chi connectivity index (χ0n) is 14.3. The first-order valence-electron chi connectivity index (χ1n) is 8.14. The summed E-state index contributed by atoms with van der Waals surface area (Å²) in [6.07, 6.45) is 0.572. The average Bonchev–Trinajstić information content (AvgIpc) is 2.95. The maximum Gasteiger partial charge on any atom is 0.269 e. The van der Waals surface area contributed by atoms with Crippen LogP contribution in [-0.4, -0.2) is 31.5 Å². The van der Waals surface area contributed by atoms with Crippen molar-refractivity contribution in [2.75, 3.05) is 10.6 Å². The number of non-ortho nitro benzene ring substituents is 1. The first-order chi connectivity index (χ1) is 12.3. The smallest absolute Gasteiger partial charge is 0.269 e. The lowest BCUT2D eigenvalue weighted by atomic mass is 10.1. The Morgan fingerprint density at radius 2 is 2.12 bits per heavy atom. The van der Waals surface area contributed by atoms with Crippen LogP contribution in [0.3, 0.4) is 0 Å². The SMILES string of the molecule is CC(C)Cc1nc2n(n1)C(C(=O)Nc1ccc([N+](=O)[O-])cc1)CC(=O)N2. The first kappa shape index (κ1) is 17.5. The molecule has 0 saturated carbocycles. The van der Waals surface area contributed by atoms with Crippen molar-refractivity contribution >= 4 is 29.1 Å². The largest absolute Gasteiger partial charge is 0.324 e. The van der Waals surface area contributed by atoms with Gasteiger partial charge in [0, 0.05) is 24.2 Å². The van der Waals surface area contributed by atoms with E-state index in [1.165, 1.54) is 28.9 Å². The minimum atomic E-state index is -0.831. The number of amides is 2. The van der Waals surface area contributed by atoms with Crippen LogP contribution in [0, 0.1) is 16.0 Å². The number of nitrogens with one attached hydrogen (secondary N) is 2. The third kappa shape index (κ3) is 3.68. The molecule has 2 aromatic rings. The molecule has 0 bridgehead atoms. The van der Waals surface area contributed by atoms with Crippen LogP contribution in [0.1, 0.15) is 32.1 Å². The monoisotopic (exact) mass is 358 g/mol. The van der Waals surface area contributed by atoms with E-state index in [0.717, 1.165) is 0 Å². The molecule has 10 nitrogen and oxygen atoms in total. The molecular formula is C16H18N6O4. The van der Waals surface area contributed by atoms with Crippen LogP contribution < -0.4 is 10.6 Å². The van der Waals surface area contributed by atoms with Gasteiger partial charge in [-0.3, -0.25) is 25.0 Å². The lowest BCUT2D eigenvalue weighted by Crippen LogP contribution is -2.36. The number of carbonyl (C=O) groups excluding carboxylic acids is 2. The van der Waals surface area contributed by atoms with Crippen molar-refractivity contribution in [1.29, 1.82) is 0 Å². The zero-order valence-corrected chi connectivity index (χ0v) is 14.3. The van der Waals surface area contributed by atoms with Crippen LogP contribution in [-0.2, 0) is 16.0 Å². The molecule has 0 saturated heterocycles. The van der Waals surface area contributed by atoms with Gasteiger partial charge in [0.2, 0.25) is 17.8 Å². The fraction of sp³-hybridized carbons (Fsp3) is 0.375. The maximum atomic E-state index is 12.6. The number of hydrogen-bond donors (Lipinski definition) is 2. The van der Waals surface area contributed by atoms with Gasteiger partial charge in [0.1, 0.15) is 6.04 Å². The molecule has 1 aliphatic rings. The molecule has 1 atom stereocenters. The van der Waals surface area contributed by atoms with E-state index >= 15 is 0 Å². The number of nitrogens with zero attached hydrogens (tertiary/aromatic N) is 4. The number of aromatic nitrogens is 3. The summed E-state index contributed by atoms with van der Waals surface area (Å²) in [4.78, 5) is 39.0. The first-order valence-corrected chi connectivity index (χ1v) is 8.14. The summed E-state index contributed by atoms with van der Waals surface area (Å²) < 4.78 is 1.42. The van der Waals surface area contributed by atoms with Crippen molar-refractivity contribution in [2.24, 2.45) is 5.92 Å². The molecule has 0 fully saturated rings. The van der Waals surface area contributed by atoms with Gasteiger partial charge in [0.05, 0.1) is 11.3 Å². The van der Waals surface area contributed by atoms with E-state index < -0.39 is 16.9 Å². The molecule has 0 spiro atoms. The summed E-state index contributed by atoms with van der Waals surface area (Å²) in [5.41, 5.74) is 0.326. The van der Waals surface area contributed by atoms with Gasteiger partial charge in [-0.05, 0) is 18.1 Å². The highest BCUT2D eigenvalue weighted by Gasteiger charge is 2.33. The summed E-state index contributed by atoms with van der Waals surface area (Å²) in [5.74, 6) is 0.398. The molecule has 1 aliphatic heterocycles. The van der Waals surface area contributed by atoms with E-state index in [0.29, 0.717) is 23.9 Å². The van der Waals surface area contributed by atoms with Gasteiger partial charge in [-0.15, -0.1) is 0 Å². The van der Waals surface area contributed by atoms with Crippen LogP contribution in [0.4, 0.5) is 17.3 Å². The van der Waals surface area contributed by atoms with Gasteiger partial charge in [-0.2, -0.15) is 10.1 Å². The summed E-state index contributed by atoms with van der Waals surface area (Å²) in [6, 6.07) is 4.63. The van der Waals surface area contributed by atoms with Crippen molar-refractivity contribution < 1.29 is 14.5 Å². The van der Waals surface area contributed by atoms with Gasteiger partial charge >= 0.3 is 0 Å². The van der Waals surface area contributed by atoms with Gasteiger partial charge < -0.3 is 5.32 Å². The van der Waals surface area contributed by atoms with Crippen LogP contribution in [0.5, 0.6) is 0 Å². The summed E-state index contributed by atoms with van der Waals surface area (Å²) >= 11 is 0. The topological polar surface area (TPSA) is 132 Å². The molecule has 136 valence electrons. The van der Waals surface area contributed by atoms with Crippen LogP contribution in [0.15, 0.2) is 24.3 Å². The molecule has 1 unspecified atom stereocenters. The quantitative estimate of drug-likeness (QED) is 0.620. The third-order valence-electron chi connectivity index (χ3n) is 3.84. The fourth-order valence-electron chi connectivity index (χ4n) is 2.66.